The molecule has 1 saturated heterocycles. The number of hydrogen-bond acceptors (Lipinski definition) is 6. The summed E-state index contributed by atoms with van der Waals surface area (Å²) in [7, 11) is 0. The summed E-state index contributed by atoms with van der Waals surface area (Å²) < 4.78 is 88.7. The fourth-order valence-corrected chi connectivity index (χ4v) is 5.30. The predicted molar refractivity (Wildman–Crippen MR) is 144 cm³/mol. The fourth-order valence-electron chi connectivity index (χ4n) is 5.30. The Morgan fingerprint density at radius 1 is 1.05 bits per heavy atom. The van der Waals surface area contributed by atoms with Crippen LogP contribution in [0.25, 0.3) is 0 Å². The van der Waals surface area contributed by atoms with Gasteiger partial charge in [-0.1, -0.05) is 0 Å². The second-order valence-corrected chi connectivity index (χ2v) is 12.0. The first-order valence-electron chi connectivity index (χ1n) is 14.0. The Balaban J connectivity index is 1.49. The lowest BCUT2D eigenvalue weighted by molar-refractivity contribution is -0.148. The van der Waals surface area contributed by atoms with E-state index in [1.54, 1.807) is 20.8 Å². The number of rotatable bonds is 6. The Labute approximate surface area is 249 Å². The van der Waals surface area contributed by atoms with E-state index in [1.807, 2.05) is 0 Å². The molecule has 1 fully saturated rings. The number of carbonyl (C=O) groups excluding carboxylic acids is 3. The molecule has 0 unspecified atom stereocenters. The topological polar surface area (TPSA) is 123 Å². The van der Waals surface area contributed by atoms with E-state index in [1.165, 1.54) is 9.80 Å². The SMILES string of the molecule is CC(C)(C)OC(=O)N[C@@H]1CCCN(C(=O)c2nc(C(F)(F)F)n3c2CN(C(=O)C[C@H](N)Cc2cc(F)c(F)cc2F)CC3)C1. The van der Waals surface area contributed by atoms with Gasteiger partial charge in [-0.05, 0) is 51.7 Å². The molecule has 0 spiro atoms. The van der Waals surface area contributed by atoms with Crippen LogP contribution >= 0.6 is 0 Å². The van der Waals surface area contributed by atoms with Crippen molar-refractivity contribution >= 4 is 17.9 Å². The summed E-state index contributed by atoms with van der Waals surface area (Å²) in [6.45, 7) is 4.50. The zero-order chi connectivity index (χ0) is 32.6. The van der Waals surface area contributed by atoms with Crippen LogP contribution in [0.5, 0.6) is 0 Å². The number of nitrogens with one attached hydrogen (secondary N) is 1. The average Bonchev–Trinajstić information content (AvgIpc) is 3.30. The minimum atomic E-state index is -4.88. The Kier molecular flexibility index (Phi) is 9.51. The van der Waals surface area contributed by atoms with Crippen LogP contribution in [0.2, 0.25) is 0 Å². The predicted octanol–water partition coefficient (Wildman–Crippen LogP) is 3.75. The molecule has 3 N–H and O–H groups in total. The Hall–Kier alpha value is -3.82. The van der Waals surface area contributed by atoms with E-state index in [0.29, 0.717) is 25.0 Å². The van der Waals surface area contributed by atoms with Crippen LogP contribution in [0.4, 0.5) is 31.1 Å². The Morgan fingerprint density at radius 2 is 1.73 bits per heavy atom. The van der Waals surface area contributed by atoms with Gasteiger partial charge in [0.25, 0.3) is 5.91 Å². The van der Waals surface area contributed by atoms with E-state index >= 15 is 0 Å². The maximum absolute atomic E-state index is 14.1. The third-order valence-corrected chi connectivity index (χ3v) is 7.25. The van der Waals surface area contributed by atoms with Gasteiger partial charge in [0, 0.05) is 50.7 Å². The minimum absolute atomic E-state index is 0.0176. The number of nitrogens with two attached hydrogens (primary N) is 1. The molecule has 0 bridgehead atoms. The van der Waals surface area contributed by atoms with Crippen LogP contribution < -0.4 is 11.1 Å². The van der Waals surface area contributed by atoms with Gasteiger partial charge in [-0.2, -0.15) is 13.2 Å². The van der Waals surface area contributed by atoms with Crippen LogP contribution in [0, 0.1) is 17.5 Å². The quantitative estimate of drug-likeness (QED) is 0.370. The summed E-state index contributed by atoms with van der Waals surface area (Å²) in [5.41, 5.74) is 4.44. The summed E-state index contributed by atoms with van der Waals surface area (Å²) >= 11 is 0. The van der Waals surface area contributed by atoms with E-state index < -0.39 is 70.7 Å². The maximum Gasteiger partial charge on any atom is 0.449 e. The van der Waals surface area contributed by atoms with E-state index in [4.69, 9.17) is 10.5 Å². The van der Waals surface area contributed by atoms with Gasteiger partial charge in [0.05, 0.1) is 12.2 Å². The molecule has 0 radical (unpaired) electrons. The molecular formula is C28H34F6N6O4. The minimum Gasteiger partial charge on any atom is -0.444 e. The van der Waals surface area contributed by atoms with Crippen molar-refractivity contribution in [3.63, 3.8) is 0 Å². The third-order valence-electron chi connectivity index (χ3n) is 7.25. The number of halogens is 6. The molecule has 1 aromatic heterocycles. The lowest BCUT2D eigenvalue weighted by atomic mass is 10.0. The molecule has 10 nitrogen and oxygen atoms in total. The molecule has 0 saturated carbocycles. The van der Waals surface area contributed by atoms with Crippen LogP contribution in [0.3, 0.4) is 0 Å². The molecule has 0 aliphatic carbocycles. The molecule has 16 heteroatoms. The first-order valence-corrected chi connectivity index (χ1v) is 14.0. The lowest BCUT2D eigenvalue weighted by Gasteiger charge is -2.34. The molecule has 44 heavy (non-hydrogen) atoms. The molecule has 2 atom stereocenters. The number of imidazole rings is 1. The summed E-state index contributed by atoms with van der Waals surface area (Å²) in [5, 5.41) is 2.68. The maximum atomic E-state index is 14.1. The number of carbonyl (C=O) groups is 3. The average molecular weight is 633 g/mol. The standard InChI is InChI=1S/C28H34F6N6O4/c1-27(2,3)44-26(43)36-17-5-4-6-39(13-17)24(42)23-21-14-38(7-8-40(21)25(37-23)28(32,33)34)22(41)11-16(35)9-15-10-19(30)20(31)12-18(15)29/h10,12,16-17H,4-9,11,13-14,35H2,1-3H3,(H,36,43)/t16-,17-/m1/s1. The molecule has 2 aromatic rings. The fraction of sp³-hybridized carbons (Fsp3) is 0.571. The number of aromatic nitrogens is 2. The number of benzene rings is 1. The van der Waals surface area contributed by atoms with Crippen molar-refractivity contribution in [3.8, 4) is 0 Å². The van der Waals surface area contributed by atoms with Gasteiger partial charge < -0.3 is 30.2 Å². The number of alkyl halides is 3. The zero-order valence-corrected chi connectivity index (χ0v) is 24.4. The number of amides is 3. The van der Waals surface area contributed by atoms with Gasteiger partial charge in [0.2, 0.25) is 11.7 Å². The Morgan fingerprint density at radius 3 is 2.39 bits per heavy atom. The number of fused-ring (bicyclic) bond motifs is 1. The van der Waals surface area contributed by atoms with Gasteiger partial charge in [-0.15, -0.1) is 0 Å². The molecule has 4 rings (SSSR count). The zero-order valence-electron chi connectivity index (χ0n) is 24.4. The summed E-state index contributed by atoms with van der Waals surface area (Å²) in [4.78, 5) is 45.0. The van der Waals surface area contributed by atoms with Crippen molar-refractivity contribution in [2.24, 2.45) is 5.73 Å². The van der Waals surface area contributed by atoms with Crippen molar-refractivity contribution in [1.29, 1.82) is 0 Å². The van der Waals surface area contributed by atoms with Gasteiger partial charge >= 0.3 is 12.3 Å². The molecule has 2 aliphatic heterocycles. The highest BCUT2D eigenvalue weighted by Crippen LogP contribution is 2.33. The number of nitrogens with zero attached hydrogens (tertiary/aromatic N) is 4. The van der Waals surface area contributed by atoms with Crippen molar-refractivity contribution in [3.05, 3.63) is 52.4 Å². The third kappa shape index (κ3) is 7.81. The van der Waals surface area contributed by atoms with Crippen LogP contribution in [-0.2, 0) is 35.2 Å². The van der Waals surface area contributed by atoms with Gasteiger partial charge in [-0.3, -0.25) is 9.59 Å². The van der Waals surface area contributed by atoms with Gasteiger partial charge in [0.15, 0.2) is 17.3 Å². The van der Waals surface area contributed by atoms with E-state index in [2.05, 4.69) is 10.3 Å². The second kappa shape index (κ2) is 12.7. The molecule has 3 heterocycles. The van der Waals surface area contributed by atoms with E-state index in [0.717, 1.165) is 4.57 Å². The normalized spacial score (nSPS) is 18.1. The molecule has 2 aliphatic rings. The van der Waals surface area contributed by atoms with Crippen LogP contribution in [0.15, 0.2) is 12.1 Å². The number of likely N-dealkylation sites (tertiary alicyclic amines) is 1. The second-order valence-electron chi connectivity index (χ2n) is 12.0. The number of piperidine rings is 1. The smallest absolute Gasteiger partial charge is 0.444 e. The van der Waals surface area contributed by atoms with Crippen molar-refractivity contribution in [2.45, 2.75) is 83.4 Å². The van der Waals surface area contributed by atoms with Gasteiger partial charge in [0.1, 0.15) is 11.4 Å². The van der Waals surface area contributed by atoms with Crippen molar-refractivity contribution in [2.75, 3.05) is 19.6 Å². The van der Waals surface area contributed by atoms with Gasteiger partial charge in [-0.25, -0.2) is 22.9 Å². The van der Waals surface area contributed by atoms with Crippen molar-refractivity contribution < 1.29 is 45.5 Å². The summed E-state index contributed by atoms with van der Waals surface area (Å²) in [6.07, 6.45) is -5.23. The van der Waals surface area contributed by atoms with E-state index in [9.17, 15) is 40.7 Å². The highest BCUT2D eigenvalue weighted by Gasteiger charge is 2.43. The monoisotopic (exact) mass is 632 g/mol. The summed E-state index contributed by atoms with van der Waals surface area (Å²) in [5.74, 6) is -6.31. The molecule has 1 aromatic carbocycles. The van der Waals surface area contributed by atoms with Crippen LogP contribution in [-0.4, -0.2) is 74.6 Å². The van der Waals surface area contributed by atoms with Crippen molar-refractivity contribution in [1.82, 2.24) is 24.7 Å². The largest absolute Gasteiger partial charge is 0.449 e. The number of hydrogen-bond donors (Lipinski definition) is 2. The molecule has 3 amide bonds. The molecule has 242 valence electrons. The first-order chi connectivity index (χ1) is 20.4. The number of ether oxygens (including phenoxy) is 1. The highest BCUT2D eigenvalue weighted by molar-refractivity contribution is 5.94. The Bertz CT molecular complexity index is 1420. The first kappa shape index (κ1) is 33.1. The lowest BCUT2D eigenvalue weighted by Crippen LogP contribution is -2.50. The van der Waals surface area contributed by atoms with Crippen LogP contribution in [0.1, 0.15) is 67.6 Å². The summed E-state index contributed by atoms with van der Waals surface area (Å²) in [6, 6.07) is -0.482. The molecular weight excluding hydrogens is 598 g/mol. The highest BCUT2D eigenvalue weighted by atomic mass is 19.4. The number of alkyl carbamates (subject to hydrolysis) is 1. The van der Waals surface area contributed by atoms with E-state index in [-0.39, 0.29) is 56.8 Å².